The van der Waals surface area contributed by atoms with Crippen molar-refractivity contribution in [1.82, 2.24) is 4.90 Å². The summed E-state index contributed by atoms with van der Waals surface area (Å²) in [7, 11) is 0. The summed E-state index contributed by atoms with van der Waals surface area (Å²) in [6.07, 6.45) is 9.04. The lowest BCUT2D eigenvalue weighted by Gasteiger charge is -2.44. The molecule has 1 aromatic carbocycles. The fraction of sp³-hybridized carbons (Fsp3) is 0.588. The number of halogens is 1. The standard InChI is InChI=1S/C17H22FNO/c18-15-6-4-14(5-7-15)16(20)19-12-10-17(11-13-19)8-2-1-3-9-17/h4-7H,1-3,8-13H2. The van der Waals surface area contributed by atoms with Gasteiger partial charge in [-0.05, 0) is 55.4 Å². The normalized spacial score (nSPS) is 21.9. The Morgan fingerprint density at radius 1 is 0.950 bits per heavy atom. The number of carbonyl (C=O) groups is 1. The topological polar surface area (TPSA) is 20.3 Å². The zero-order chi connectivity index (χ0) is 14.0. The Bertz CT molecular complexity index is 466. The number of rotatable bonds is 1. The highest BCUT2D eigenvalue weighted by molar-refractivity contribution is 5.94. The molecule has 1 aliphatic carbocycles. The molecule has 2 nitrogen and oxygen atoms in total. The minimum absolute atomic E-state index is 0.0515. The van der Waals surface area contributed by atoms with Crippen LogP contribution in [-0.2, 0) is 0 Å². The number of hydrogen-bond donors (Lipinski definition) is 0. The third kappa shape index (κ3) is 2.72. The maximum absolute atomic E-state index is 12.9. The van der Waals surface area contributed by atoms with Gasteiger partial charge in [-0.3, -0.25) is 4.79 Å². The van der Waals surface area contributed by atoms with Crippen LogP contribution in [-0.4, -0.2) is 23.9 Å². The Balaban J connectivity index is 1.62. The third-order valence-corrected chi connectivity index (χ3v) is 5.12. The predicted molar refractivity (Wildman–Crippen MR) is 77.1 cm³/mol. The molecule has 1 aliphatic heterocycles. The first-order chi connectivity index (χ1) is 9.69. The number of likely N-dealkylation sites (tertiary alicyclic amines) is 1. The van der Waals surface area contributed by atoms with Crippen molar-refractivity contribution < 1.29 is 9.18 Å². The van der Waals surface area contributed by atoms with Gasteiger partial charge in [-0.1, -0.05) is 19.3 Å². The molecule has 0 atom stereocenters. The van der Waals surface area contributed by atoms with Crippen LogP contribution >= 0.6 is 0 Å². The number of hydrogen-bond acceptors (Lipinski definition) is 1. The predicted octanol–water partition coefficient (Wildman–Crippen LogP) is 4.01. The van der Waals surface area contributed by atoms with Gasteiger partial charge in [0.15, 0.2) is 0 Å². The molecule has 108 valence electrons. The van der Waals surface area contributed by atoms with Gasteiger partial charge in [-0.2, -0.15) is 0 Å². The van der Waals surface area contributed by atoms with Gasteiger partial charge in [0, 0.05) is 18.7 Å². The van der Waals surface area contributed by atoms with E-state index in [4.69, 9.17) is 0 Å². The Morgan fingerprint density at radius 2 is 1.55 bits per heavy atom. The summed E-state index contributed by atoms with van der Waals surface area (Å²) in [6, 6.07) is 5.89. The number of piperidine rings is 1. The highest BCUT2D eigenvalue weighted by Gasteiger charge is 2.36. The van der Waals surface area contributed by atoms with Crippen molar-refractivity contribution in [1.29, 1.82) is 0 Å². The van der Waals surface area contributed by atoms with E-state index in [1.807, 2.05) is 4.90 Å². The smallest absolute Gasteiger partial charge is 0.253 e. The highest BCUT2D eigenvalue weighted by Crippen LogP contribution is 2.44. The van der Waals surface area contributed by atoms with E-state index in [-0.39, 0.29) is 11.7 Å². The summed E-state index contributed by atoms with van der Waals surface area (Å²) in [5.74, 6) is -0.239. The zero-order valence-corrected chi connectivity index (χ0v) is 11.9. The first-order valence-corrected chi connectivity index (χ1v) is 7.73. The SMILES string of the molecule is O=C(c1ccc(F)cc1)N1CCC2(CCCCC2)CC1. The fourth-order valence-electron chi connectivity index (χ4n) is 3.76. The summed E-state index contributed by atoms with van der Waals surface area (Å²) < 4.78 is 12.9. The van der Waals surface area contributed by atoms with Crippen molar-refractivity contribution in [2.24, 2.45) is 5.41 Å². The lowest BCUT2D eigenvalue weighted by atomic mass is 9.68. The number of benzene rings is 1. The molecule has 1 amide bonds. The summed E-state index contributed by atoms with van der Waals surface area (Å²) in [4.78, 5) is 14.3. The first-order valence-electron chi connectivity index (χ1n) is 7.73. The van der Waals surface area contributed by atoms with Crippen LogP contribution in [0.3, 0.4) is 0 Å². The molecule has 20 heavy (non-hydrogen) atoms. The molecule has 1 spiro atoms. The van der Waals surface area contributed by atoms with Gasteiger partial charge < -0.3 is 4.90 Å². The zero-order valence-electron chi connectivity index (χ0n) is 11.9. The molecule has 3 heteroatoms. The summed E-state index contributed by atoms with van der Waals surface area (Å²) in [6.45, 7) is 1.71. The van der Waals surface area contributed by atoms with Crippen LogP contribution in [0.5, 0.6) is 0 Å². The van der Waals surface area contributed by atoms with E-state index in [9.17, 15) is 9.18 Å². The Kier molecular flexibility index (Phi) is 3.77. The van der Waals surface area contributed by atoms with Crippen molar-refractivity contribution in [2.75, 3.05) is 13.1 Å². The van der Waals surface area contributed by atoms with Crippen LogP contribution in [0.15, 0.2) is 24.3 Å². The van der Waals surface area contributed by atoms with Crippen molar-refractivity contribution >= 4 is 5.91 Å². The van der Waals surface area contributed by atoms with Gasteiger partial charge in [0.25, 0.3) is 5.91 Å². The quantitative estimate of drug-likeness (QED) is 0.758. The molecule has 3 rings (SSSR count). The summed E-state index contributed by atoms with van der Waals surface area (Å²) in [5, 5.41) is 0. The van der Waals surface area contributed by atoms with Crippen LogP contribution in [0.25, 0.3) is 0 Å². The second kappa shape index (κ2) is 5.55. The minimum Gasteiger partial charge on any atom is -0.339 e. The molecular weight excluding hydrogens is 253 g/mol. The van der Waals surface area contributed by atoms with Crippen LogP contribution in [0.4, 0.5) is 4.39 Å². The van der Waals surface area contributed by atoms with Crippen molar-refractivity contribution in [3.05, 3.63) is 35.6 Å². The van der Waals surface area contributed by atoms with E-state index in [1.54, 1.807) is 12.1 Å². The largest absolute Gasteiger partial charge is 0.339 e. The van der Waals surface area contributed by atoms with Crippen LogP contribution < -0.4 is 0 Å². The monoisotopic (exact) mass is 275 g/mol. The van der Waals surface area contributed by atoms with Gasteiger partial charge in [0.1, 0.15) is 5.82 Å². The van der Waals surface area contributed by atoms with Gasteiger partial charge in [0.2, 0.25) is 0 Å². The van der Waals surface area contributed by atoms with Crippen molar-refractivity contribution in [3.8, 4) is 0 Å². The molecule has 2 fully saturated rings. The van der Waals surface area contributed by atoms with Crippen LogP contribution in [0.2, 0.25) is 0 Å². The average Bonchev–Trinajstić information content (AvgIpc) is 2.49. The summed E-state index contributed by atoms with van der Waals surface area (Å²) >= 11 is 0. The molecule has 0 radical (unpaired) electrons. The van der Waals surface area contributed by atoms with E-state index in [1.165, 1.54) is 44.2 Å². The molecule has 1 saturated heterocycles. The number of carbonyl (C=O) groups excluding carboxylic acids is 1. The van der Waals surface area contributed by atoms with Gasteiger partial charge in [-0.15, -0.1) is 0 Å². The molecule has 0 aromatic heterocycles. The van der Waals surface area contributed by atoms with Crippen LogP contribution in [0.1, 0.15) is 55.3 Å². The molecule has 1 aromatic rings. The van der Waals surface area contributed by atoms with Crippen molar-refractivity contribution in [3.63, 3.8) is 0 Å². The van der Waals surface area contributed by atoms with E-state index in [0.29, 0.717) is 11.0 Å². The molecule has 0 unspecified atom stereocenters. The highest BCUT2D eigenvalue weighted by atomic mass is 19.1. The maximum Gasteiger partial charge on any atom is 0.253 e. The van der Waals surface area contributed by atoms with Gasteiger partial charge in [-0.25, -0.2) is 4.39 Å². The summed E-state index contributed by atoms with van der Waals surface area (Å²) in [5.41, 5.74) is 1.11. The molecule has 0 N–H and O–H groups in total. The molecule has 0 bridgehead atoms. The first kappa shape index (κ1) is 13.6. The Labute approximate surface area is 120 Å². The third-order valence-electron chi connectivity index (χ3n) is 5.12. The minimum atomic E-state index is -0.290. The molecule has 2 aliphatic rings. The number of amides is 1. The second-order valence-corrected chi connectivity index (χ2v) is 6.36. The average molecular weight is 275 g/mol. The lowest BCUT2D eigenvalue weighted by Crippen LogP contribution is -2.43. The molecule has 1 saturated carbocycles. The van der Waals surface area contributed by atoms with E-state index < -0.39 is 0 Å². The Morgan fingerprint density at radius 3 is 2.15 bits per heavy atom. The molecule has 1 heterocycles. The Hall–Kier alpha value is -1.38. The molecular formula is C17H22FNO. The number of nitrogens with zero attached hydrogens (tertiary/aromatic N) is 1. The van der Waals surface area contributed by atoms with Crippen molar-refractivity contribution in [2.45, 2.75) is 44.9 Å². The van der Waals surface area contributed by atoms with Gasteiger partial charge in [0.05, 0.1) is 0 Å². The van der Waals surface area contributed by atoms with Crippen LogP contribution in [0, 0.1) is 11.2 Å². The van der Waals surface area contributed by atoms with E-state index in [2.05, 4.69) is 0 Å². The van der Waals surface area contributed by atoms with Gasteiger partial charge >= 0.3 is 0 Å². The van der Waals surface area contributed by atoms with E-state index >= 15 is 0 Å². The van der Waals surface area contributed by atoms with E-state index in [0.717, 1.165) is 25.9 Å². The fourth-order valence-corrected chi connectivity index (χ4v) is 3.76. The second-order valence-electron chi connectivity index (χ2n) is 6.36. The maximum atomic E-state index is 12.9. The lowest BCUT2D eigenvalue weighted by molar-refractivity contribution is 0.0472.